The number of aryl methyl sites for hydroxylation is 1. The summed E-state index contributed by atoms with van der Waals surface area (Å²) >= 11 is 0. The third-order valence-electron chi connectivity index (χ3n) is 7.28. The highest BCUT2D eigenvalue weighted by Gasteiger charge is 2.56. The summed E-state index contributed by atoms with van der Waals surface area (Å²) in [6.45, 7) is 3.08. The molecule has 5 rings (SSSR count). The number of hydrogen-bond donors (Lipinski definition) is 1. The number of likely N-dealkylation sites (tertiary alicyclic amines) is 1. The zero-order valence-electron chi connectivity index (χ0n) is 20.2. The van der Waals surface area contributed by atoms with Gasteiger partial charge < -0.3 is 15.0 Å². The number of piperidine rings is 1. The number of pyridine rings is 1. The number of halogens is 3. The van der Waals surface area contributed by atoms with E-state index in [0.29, 0.717) is 30.1 Å². The zero-order chi connectivity index (χ0) is 26.2. The summed E-state index contributed by atoms with van der Waals surface area (Å²) in [4.78, 5) is 31.6. The number of benzene rings is 2. The minimum atomic E-state index is -4.40. The smallest absolute Gasteiger partial charge is 0.416 e. The van der Waals surface area contributed by atoms with Crippen molar-refractivity contribution in [3.63, 3.8) is 0 Å². The monoisotopic (exact) mass is 509 g/mol. The van der Waals surface area contributed by atoms with Crippen molar-refractivity contribution >= 4 is 11.8 Å². The molecule has 2 fully saturated rings. The number of rotatable bonds is 5. The van der Waals surface area contributed by atoms with Gasteiger partial charge >= 0.3 is 6.18 Å². The van der Waals surface area contributed by atoms with Gasteiger partial charge in [0, 0.05) is 30.9 Å². The minimum absolute atomic E-state index is 0.0362. The van der Waals surface area contributed by atoms with Crippen molar-refractivity contribution in [2.24, 2.45) is 5.41 Å². The van der Waals surface area contributed by atoms with Gasteiger partial charge in [0.1, 0.15) is 17.2 Å². The quantitative estimate of drug-likeness (QED) is 0.484. The molecule has 1 saturated carbocycles. The Hall–Kier alpha value is -3.88. The van der Waals surface area contributed by atoms with Crippen LogP contribution in [0.3, 0.4) is 0 Å². The molecule has 2 amide bonds. The second-order valence-electron chi connectivity index (χ2n) is 9.70. The van der Waals surface area contributed by atoms with Crippen LogP contribution >= 0.6 is 0 Å². The number of amides is 2. The molecule has 2 aromatic carbocycles. The molecule has 1 spiro atoms. The molecule has 1 aliphatic carbocycles. The maximum absolute atomic E-state index is 13.0. The van der Waals surface area contributed by atoms with Crippen LogP contribution in [0, 0.1) is 12.3 Å². The number of carbonyl (C=O) groups excluding carboxylic acids is 2. The molecular formula is C28H26F3N3O3. The highest BCUT2D eigenvalue weighted by molar-refractivity contribution is 5.95. The molecule has 1 aromatic heterocycles. The van der Waals surface area contributed by atoms with Gasteiger partial charge in [-0.1, -0.05) is 6.07 Å². The number of nitrogens with one attached hydrogen (secondary N) is 1. The second-order valence-corrected chi connectivity index (χ2v) is 9.70. The standard InChI is InChI=1S/C28H26F3N3O3/c1-18-3-2-14-32-24(18)25(35)33-23-17-27(23)12-15-34(16-13-27)26(36)19-4-8-21(9-5-19)37-22-10-6-20(7-11-22)28(29,30)31/h2-11,14,23H,12-13,15-17H2,1H3,(H,33,35). The molecule has 1 unspecified atom stereocenters. The maximum Gasteiger partial charge on any atom is 0.416 e. The Balaban J connectivity index is 1.13. The van der Waals surface area contributed by atoms with Crippen LogP contribution in [0.2, 0.25) is 0 Å². The Morgan fingerprint density at radius 3 is 2.22 bits per heavy atom. The van der Waals surface area contributed by atoms with E-state index in [1.165, 1.54) is 12.1 Å². The van der Waals surface area contributed by atoms with Crippen molar-refractivity contribution in [3.8, 4) is 11.5 Å². The summed E-state index contributed by atoms with van der Waals surface area (Å²) in [6, 6.07) is 14.8. The average molecular weight is 510 g/mol. The Labute approximate surface area is 212 Å². The molecular weight excluding hydrogens is 483 g/mol. The molecule has 2 heterocycles. The molecule has 1 saturated heterocycles. The van der Waals surface area contributed by atoms with Gasteiger partial charge in [0.05, 0.1) is 5.56 Å². The second kappa shape index (κ2) is 9.53. The minimum Gasteiger partial charge on any atom is -0.457 e. The molecule has 2 aliphatic rings. The Bertz CT molecular complexity index is 1300. The lowest BCUT2D eigenvalue weighted by Crippen LogP contribution is -2.41. The van der Waals surface area contributed by atoms with Gasteiger partial charge in [-0.25, -0.2) is 0 Å². The van der Waals surface area contributed by atoms with Crippen molar-refractivity contribution in [3.05, 3.63) is 89.2 Å². The fourth-order valence-electron chi connectivity index (χ4n) is 4.91. The van der Waals surface area contributed by atoms with E-state index >= 15 is 0 Å². The van der Waals surface area contributed by atoms with E-state index in [-0.39, 0.29) is 29.0 Å². The van der Waals surface area contributed by atoms with Crippen molar-refractivity contribution in [1.82, 2.24) is 15.2 Å². The Kier molecular flexibility index (Phi) is 6.39. The first-order chi connectivity index (χ1) is 17.6. The van der Waals surface area contributed by atoms with Crippen LogP contribution in [0.5, 0.6) is 11.5 Å². The third kappa shape index (κ3) is 5.30. The Morgan fingerprint density at radius 1 is 1.00 bits per heavy atom. The molecule has 37 heavy (non-hydrogen) atoms. The van der Waals surface area contributed by atoms with E-state index in [9.17, 15) is 22.8 Å². The first-order valence-electron chi connectivity index (χ1n) is 12.1. The maximum atomic E-state index is 13.0. The molecule has 9 heteroatoms. The van der Waals surface area contributed by atoms with Gasteiger partial charge in [-0.05, 0) is 91.8 Å². The van der Waals surface area contributed by atoms with E-state index in [0.717, 1.165) is 37.0 Å². The van der Waals surface area contributed by atoms with Crippen molar-refractivity contribution in [2.45, 2.75) is 38.4 Å². The van der Waals surface area contributed by atoms with Crippen LogP contribution < -0.4 is 10.1 Å². The summed E-state index contributed by atoms with van der Waals surface area (Å²) in [6.07, 6.45) is -0.244. The van der Waals surface area contributed by atoms with Crippen LogP contribution in [0.1, 0.15) is 51.2 Å². The van der Waals surface area contributed by atoms with Crippen LogP contribution in [-0.4, -0.2) is 40.8 Å². The fraction of sp³-hybridized carbons (Fsp3) is 0.321. The lowest BCUT2D eigenvalue weighted by molar-refractivity contribution is -0.137. The van der Waals surface area contributed by atoms with E-state index < -0.39 is 11.7 Å². The molecule has 3 aromatic rings. The fourth-order valence-corrected chi connectivity index (χ4v) is 4.91. The van der Waals surface area contributed by atoms with E-state index in [1.54, 1.807) is 36.5 Å². The van der Waals surface area contributed by atoms with E-state index in [2.05, 4.69) is 10.3 Å². The summed E-state index contributed by atoms with van der Waals surface area (Å²) in [5, 5.41) is 3.11. The van der Waals surface area contributed by atoms with Gasteiger partial charge in [0.15, 0.2) is 0 Å². The molecule has 1 aliphatic heterocycles. The van der Waals surface area contributed by atoms with E-state index in [4.69, 9.17) is 4.74 Å². The van der Waals surface area contributed by atoms with Gasteiger partial charge in [0.2, 0.25) is 0 Å². The molecule has 6 nitrogen and oxygen atoms in total. The average Bonchev–Trinajstić information content (AvgIpc) is 3.54. The Morgan fingerprint density at radius 2 is 1.62 bits per heavy atom. The largest absolute Gasteiger partial charge is 0.457 e. The number of hydrogen-bond acceptors (Lipinski definition) is 4. The van der Waals surface area contributed by atoms with Crippen LogP contribution in [0.15, 0.2) is 66.9 Å². The highest BCUT2D eigenvalue weighted by Crippen LogP contribution is 2.54. The SMILES string of the molecule is Cc1cccnc1C(=O)NC1CC12CCN(C(=O)c1ccc(Oc3ccc(C(F)(F)F)cc3)cc1)CC2. The lowest BCUT2D eigenvalue weighted by Gasteiger charge is -2.33. The number of aromatic nitrogens is 1. The number of nitrogens with zero attached hydrogens (tertiary/aromatic N) is 2. The van der Waals surface area contributed by atoms with E-state index in [1.807, 2.05) is 17.9 Å². The first-order valence-corrected chi connectivity index (χ1v) is 12.1. The van der Waals surface area contributed by atoms with Gasteiger partial charge in [-0.3, -0.25) is 14.6 Å². The summed E-state index contributed by atoms with van der Waals surface area (Å²) in [5.41, 5.74) is 1.09. The normalized spacial score (nSPS) is 18.4. The lowest BCUT2D eigenvalue weighted by atomic mass is 9.92. The van der Waals surface area contributed by atoms with Gasteiger partial charge in [-0.15, -0.1) is 0 Å². The van der Waals surface area contributed by atoms with Crippen LogP contribution in [0.4, 0.5) is 13.2 Å². The predicted octanol–water partition coefficient (Wildman–Crippen LogP) is 5.63. The van der Waals surface area contributed by atoms with Crippen LogP contribution in [0.25, 0.3) is 0 Å². The van der Waals surface area contributed by atoms with Gasteiger partial charge in [0.25, 0.3) is 11.8 Å². The topological polar surface area (TPSA) is 71.5 Å². The predicted molar refractivity (Wildman–Crippen MR) is 130 cm³/mol. The van der Waals surface area contributed by atoms with Gasteiger partial charge in [-0.2, -0.15) is 13.2 Å². The summed E-state index contributed by atoms with van der Waals surface area (Å²) < 4.78 is 43.8. The molecule has 1 N–H and O–H groups in total. The first kappa shape index (κ1) is 24.8. The highest BCUT2D eigenvalue weighted by atomic mass is 19.4. The zero-order valence-corrected chi connectivity index (χ0v) is 20.2. The van der Waals surface area contributed by atoms with Crippen molar-refractivity contribution in [1.29, 1.82) is 0 Å². The van der Waals surface area contributed by atoms with Crippen molar-refractivity contribution in [2.75, 3.05) is 13.1 Å². The summed E-state index contributed by atoms with van der Waals surface area (Å²) in [7, 11) is 0. The molecule has 0 radical (unpaired) electrons. The number of carbonyl (C=O) groups is 2. The van der Waals surface area contributed by atoms with Crippen LogP contribution in [-0.2, 0) is 6.18 Å². The van der Waals surface area contributed by atoms with Crippen molar-refractivity contribution < 1.29 is 27.5 Å². The number of ether oxygens (including phenoxy) is 1. The summed E-state index contributed by atoms with van der Waals surface area (Å²) in [5.74, 6) is 0.463. The molecule has 1 atom stereocenters. The molecule has 0 bridgehead atoms. The third-order valence-corrected chi connectivity index (χ3v) is 7.28. The number of alkyl halides is 3. The molecule has 192 valence electrons.